The Morgan fingerprint density at radius 1 is 0.868 bits per heavy atom. The highest BCUT2D eigenvalue weighted by molar-refractivity contribution is 5.97. The second-order valence-corrected chi connectivity index (χ2v) is 11.8. The van der Waals surface area contributed by atoms with E-state index in [0.717, 1.165) is 87.0 Å². The average Bonchev–Trinajstić information content (AvgIpc) is 3.32. The molecule has 38 heavy (non-hydrogen) atoms. The van der Waals surface area contributed by atoms with E-state index in [4.69, 9.17) is 4.98 Å². The van der Waals surface area contributed by atoms with E-state index in [1.54, 1.807) is 0 Å². The van der Waals surface area contributed by atoms with E-state index >= 15 is 0 Å². The quantitative estimate of drug-likeness (QED) is 0.575. The Kier molecular flexibility index (Phi) is 8.82. The van der Waals surface area contributed by atoms with E-state index < -0.39 is 0 Å². The van der Waals surface area contributed by atoms with Crippen molar-refractivity contribution in [3.63, 3.8) is 0 Å². The molecule has 7 nitrogen and oxygen atoms in total. The molecule has 3 saturated heterocycles. The van der Waals surface area contributed by atoms with Crippen LogP contribution in [0.3, 0.4) is 0 Å². The van der Waals surface area contributed by atoms with Crippen LogP contribution in [0.15, 0.2) is 24.4 Å². The normalized spacial score (nSPS) is 23.6. The van der Waals surface area contributed by atoms with Crippen molar-refractivity contribution in [1.82, 2.24) is 19.8 Å². The second-order valence-electron chi connectivity index (χ2n) is 11.8. The fourth-order valence-electron chi connectivity index (χ4n) is 6.81. The van der Waals surface area contributed by atoms with Crippen LogP contribution in [0.4, 0.5) is 11.8 Å². The number of carbonyl (C=O) groups is 1. The summed E-state index contributed by atoms with van der Waals surface area (Å²) < 4.78 is 0. The lowest BCUT2D eigenvalue weighted by atomic mass is 9.96. The molecular weight excluding hydrogens is 472 g/mol. The first-order chi connectivity index (χ1) is 18.5. The predicted octanol–water partition coefficient (Wildman–Crippen LogP) is 5.35. The van der Waals surface area contributed by atoms with Crippen molar-refractivity contribution in [2.45, 2.75) is 90.6 Å². The van der Waals surface area contributed by atoms with Gasteiger partial charge in [0.1, 0.15) is 5.82 Å². The zero-order chi connectivity index (χ0) is 26.5. The van der Waals surface area contributed by atoms with E-state index in [2.05, 4.69) is 64.0 Å². The number of amides is 1. The molecule has 1 aromatic carbocycles. The first-order valence-electron chi connectivity index (χ1n) is 14.9. The number of nitrogens with zero attached hydrogens (tertiary/aromatic N) is 5. The van der Waals surface area contributed by atoms with Gasteiger partial charge in [0.25, 0.3) is 5.91 Å². The monoisotopic (exact) mass is 518 g/mol. The highest BCUT2D eigenvalue weighted by Crippen LogP contribution is 2.25. The van der Waals surface area contributed by atoms with Gasteiger partial charge >= 0.3 is 0 Å². The first-order valence-corrected chi connectivity index (χ1v) is 14.9. The molecule has 0 spiro atoms. The number of rotatable bonds is 5. The van der Waals surface area contributed by atoms with E-state index in [1.807, 2.05) is 6.20 Å². The SMILES string of the molecule is Cc1cc(C)c(C(=O)N2CCCC(N3CCCCC(Nc4nccc(N5CCCCCC5)n4)C3)C2)c(C)c1. The molecule has 0 aliphatic carbocycles. The molecule has 0 saturated carbocycles. The molecule has 206 valence electrons. The number of hydrogen-bond acceptors (Lipinski definition) is 6. The Labute approximate surface area is 229 Å². The summed E-state index contributed by atoms with van der Waals surface area (Å²) in [5.74, 6) is 2.01. The number of carbonyl (C=O) groups excluding carboxylic acids is 1. The smallest absolute Gasteiger partial charge is 0.254 e. The lowest BCUT2D eigenvalue weighted by Crippen LogP contribution is -2.52. The van der Waals surface area contributed by atoms with Crippen LogP contribution in [-0.4, -0.2) is 77.0 Å². The maximum Gasteiger partial charge on any atom is 0.254 e. The summed E-state index contributed by atoms with van der Waals surface area (Å²) in [4.78, 5) is 30.3. The van der Waals surface area contributed by atoms with Crippen molar-refractivity contribution in [2.24, 2.45) is 0 Å². The highest BCUT2D eigenvalue weighted by atomic mass is 16.2. The molecular formula is C31H46N6O. The molecule has 1 amide bonds. The van der Waals surface area contributed by atoms with E-state index in [0.29, 0.717) is 12.1 Å². The minimum Gasteiger partial charge on any atom is -0.356 e. The molecule has 1 N–H and O–H groups in total. The standard InChI is InChI=1S/C31H46N6O/c1-23-19-24(2)29(25(3)20-23)30(38)37-18-10-12-27(22-37)36-17-9-6-11-26(21-36)33-31-32-14-13-28(34-31)35-15-7-4-5-8-16-35/h13-14,19-20,26-27H,4-12,15-18,21-22H2,1-3H3,(H,32,33,34). The summed E-state index contributed by atoms with van der Waals surface area (Å²) in [7, 11) is 0. The number of likely N-dealkylation sites (tertiary alicyclic amines) is 2. The average molecular weight is 519 g/mol. The third-order valence-electron chi connectivity index (χ3n) is 8.70. The fourth-order valence-corrected chi connectivity index (χ4v) is 6.81. The van der Waals surface area contributed by atoms with E-state index in [1.165, 1.54) is 44.1 Å². The molecule has 3 fully saturated rings. The number of aromatic nitrogens is 2. The molecule has 5 rings (SSSR count). The highest BCUT2D eigenvalue weighted by Gasteiger charge is 2.31. The Bertz CT molecular complexity index is 1070. The van der Waals surface area contributed by atoms with Crippen molar-refractivity contribution in [2.75, 3.05) is 49.5 Å². The lowest BCUT2D eigenvalue weighted by Gasteiger charge is -2.40. The number of hydrogen-bond donors (Lipinski definition) is 1. The van der Waals surface area contributed by atoms with Crippen LogP contribution in [-0.2, 0) is 0 Å². The third-order valence-corrected chi connectivity index (χ3v) is 8.70. The van der Waals surface area contributed by atoms with Crippen LogP contribution >= 0.6 is 0 Å². The summed E-state index contributed by atoms with van der Waals surface area (Å²) in [5.41, 5.74) is 4.30. The van der Waals surface area contributed by atoms with Gasteiger partial charge in [-0.25, -0.2) is 4.98 Å². The van der Waals surface area contributed by atoms with Gasteiger partial charge in [-0.1, -0.05) is 37.0 Å². The third kappa shape index (κ3) is 6.48. The van der Waals surface area contributed by atoms with Gasteiger partial charge in [-0.2, -0.15) is 4.98 Å². The zero-order valence-electron chi connectivity index (χ0n) is 23.7. The minimum atomic E-state index is 0.202. The molecule has 1 aromatic heterocycles. The largest absolute Gasteiger partial charge is 0.356 e. The van der Waals surface area contributed by atoms with Crippen molar-refractivity contribution in [3.05, 3.63) is 46.6 Å². The van der Waals surface area contributed by atoms with Crippen LogP contribution < -0.4 is 10.2 Å². The topological polar surface area (TPSA) is 64.6 Å². The van der Waals surface area contributed by atoms with Gasteiger partial charge in [-0.05, 0) is 83.0 Å². The van der Waals surface area contributed by atoms with Crippen LogP contribution in [0.1, 0.15) is 84.8 Å². The minimum absolute atomic E-state index is 0.202. The van der Waals surface area contributed by atoms with Crippen LogP contribution in [0.25, 0.3) is 0 Å². The van der Waals surface area contributed by atoms with Crippen molar-refractivity contribution >= 4 is 17.7 Å². The summed E-state index contributed by atoms with van der Waals surface area (Å²) in [6.07, 6.45) is 12.8. The molecule has 4 heterocycles. The molecule has 2 unspecified atom stereocenters. The Morgan fingerprint density at radius 2 is 1.61 bits per heavy atom. The Balaban J connectivity index is 1.24. The summed E-state index contributed by atoms with van der Waals surface area (Å²) >= 11 is 0. The Hall–Kier alpha value is -2.67. The van der Waals surface area contributed by atoms with Gasteiger partial charge in [-0.3, -0.25) is 9.69 Å². The zero-order valence-corrected chi connectivity index (χ0v) is 23.7. The molecule has 0 bridgehead atoms. The molecule has 3 aliphatic rings. The van der Waals surface area contributed by atoms with Crippen LogP contribution in [0.2, 0.25) is 0 Å². The summed E-state index contributed by atoms with van der Waals surface area (Å²) in [5, 5.41) is 3.69. The lowest BCUT2D eigenvalue weighted by molar-refractivity contribution is 0.0574. The number of piperidine rings is 1. The molecule has 2 atom stereocenters. The molecule has 0 radical (unpaired) electrons. The second kappa shape index (κ2) is 12.5. The number of aryl methyl sites for hydroxylation is 3. The summed E-state index contributed by atoms with van der Waals surface area (Å²) in [6, 6.07) is 7.06. The van der Waals surface area contributed by atoms with E-state index in [9.17, 15) is 4.79 Å². The van der Waals surface area contributed by atoms with Crippen molar-refractivity contribution < 1.29 is 4.79 Å². The molecule has 7 heteroatoms. The van der Waals surface area contributed by atoms with Gasteiger partial charge in [0.05, 0.1) is 0 Å². The first kappa shape index (κ1) is 26.9. The van der Waals surface area contributed by atoms with Crippen molar-refractivity contribution in [1.29, 1.82) is 0 Å². The van der Waals surface area contributed by atoms with Gasteiger partial charge in [0.2, 0.25) is 5.95 Å². The number of nitrogens with one attached hydrogen (secondary N) is 1. The van der Waals surface area contributed by atoms with E-state index in [-0.39, 0.29) is 5.91 Å². The predicted molar refractivity (Wildman–Crippen MR) is 155 cm³/mol. The summed E-state index contributed by atoms with van der Waals surface area (Å²) in [6.45, 7) is 12.2. The molecule has 2 aromatic rings. The van der Waals surface area contributed by atoms with Gasteiger partial charge in [0.15, 0.2) is 0 Å². The maximum atomic E-state index is 13.6. The van der Waals surface area contributed by atoms with Crippen LogP contribution in [0.5, 0.6) is 0 Å². The maximum absolute atomic E-state index is 13.6. The van der Waals surface area contributed by atoms with Crippen LogP contribution in [0, 0.1) is 20.8 Å². The van der Waals surface area contributed by atoms with Gasteiger partial charge < -0.3 is 15.1 Å². The van der Waals surface area contributed by atoms with Gasteiger partial charge in [-0.15, -0.1) is 0 Å². The molecule has 3 aliphatic heterocycles. The Morgan fingerprint density at radius 3 is 2.37 bits per heavy atom. The van der Waals surface area contributed by atoms with Crippen molar-refractivity contribution in [3.8, 4) is 0 Å². The fraction of sp³-hybridized carbons (Fsp3) is 0.645. The van der Waals surface area contributed by atoms with Gasteiger partial charge in [0, 0.05) is 56.6 Å². The number of benzene rings is 1. The number of anilines is 2.